The summed E-state index contributed by atoms with van der Waals surface area (Å²) in [6.45, 7) is 0. The molecule has 0 saturated heterocycles. The summed E-state index contributed by atoms with van der Waals surface area (Å²) in [6.07, 6.45) is 0. The Morgan fingerprint density at radius 3 is 1.00 bits per heavy atom. The van der Waals surface area contributed by atoms with E-state index < -0.39 is 0 Å². The third-order valence-corrected chi connectivity index (χ3v) is 0. The maximum atomic E-state index is 0. The molecule has 0 saturated carbocycles. The second kappa shape index (κ2) is 18.2. The molecule has 0 rings (SSSR count). The van der Waals surface area contributed by atoms with Crippen molar-refractivity contribution in [2.24, 2.45) is 0 Å². The van der Waals surface area contributed by atoms with Gasteiger partial charge in [-0.15, -0.1) is 0 Å². The van der Waals surface area contributed by atoms with Crippen LogP contribution >= 0.6 is 13.5 Å². The first-order chi connectivity index (χ1) is 0. The molecule has 0 aromatic heterocycles. The number of hydrogen-bond acceptors (Lipinski definition) is 0. The van der Waals surface area contributed by atoms with Crippen molar-refractivity contribution in [3.63, 3.8) is 0 Å². The quantitative estimate of drug-likeness (QED) is 0.395. The Bertz CT molecular complexity index is 8.00. The molecule has 0 atom stereocenters. The summed E-state index contributed by atoms with van der Waals surface area (Å²) in [7, 11) is 0. The summed E-state index contributed by atoms with van der Waals surface area (Å²) < 4.78 is 0. The third-order valence-electron chi connectivity index (χ3n) is 0. The molecule has 0 nitrogen and oxygen atoms in total. The SMILES string of the molecule is S.[AlH3].[GaH3].[InH3]. The van der Waals surface area contributed by atoms with Gasteiger partial charge in [0.25, 0.3) is 0 Å². The molecule has 4 heteroatoms. The van der Waals surface area contributed by atoms with Gasteiger partial charge in [0.05, 0.1) is 0 Å². The predicted molar refractivity (Wildman–Crippen MR) is 40.2 cm³/mol. The second-order valence-electron chi connectivity index (χ2n) is 0. The Balaban J connectivity index is 0. The molecule has 0 aromatic rings. The van der Waals surface area contributed by atoms with Crippen LogP contribution in [0.5, 0.6) is 0 Å². The van der Waals surface area contributed by atoms with Gasteiger partial charge in [0.1, 0.15) is 0 Å². The minimum absolute atomic E-state index is 0. The molecule has 0 amide bonds. The second-order valence-corrected chi connectivity index (χ2v) is 0. The van der Waals surface area contributed by atoms with E-state index >= 15 is 0 Å². The number of hydrogen-bond donors (Lipinski definition) is 0. The van der Waals surface area contributed by atoms with Crippen molar-refractivity contribution in [1.29, 1.82) is 0 Å². The van der Waals surface area contributed by atoms with E-state index in [9.17, 15) is 0 Å². The Labute approximate surface area is 75.5 Å². The van der Waals surface area contributed by atoms with Gasteiger partial charge >= 0.3 is 45.6 Å². The molecule has 0 aliphatic carbocycles. The molecule has 0 bridgehead atoms. The molecule has 0 radical (unpaired) electrons. The zero-order chi connectivity index (χ0) is 0. The van der Waals surface area contributed by atoms with Crippen molar-refractivity contribution in [2.75, 3.05) is 0 Å². The monoisotopic (exact) mass is 254 g/mol. The molecule has 0 spiro atoms. The molecule has 0 aliphatic heterocycles. The van der Waals surface area contributed by atoms with E-state index in [-0.39, 0.29) is 76.5 Å². The average Bonchev–Trinajstić information content (AvgIpc) is 0. The van der Waals surface area contributed by atoms with E-state index in [4.69, 9.17) is 0 Å². The fourth-order valence-electron chi connectivity index (χ4n) is 0. The van der Waals surface area contributed by atoms with Crippen LogP contribution in [0.15, 0.2) is 0 Å². The Morgan fingerprint density at radius 1 is 1.00 bits per heavy atom. The third kappa shape index (κ3) is 8.83. The van der Waals surface area contributed by atoms with Gasteiger partial charge < -0.3 is 0 Å². The Kier molecular flexibility index (Phi) is 148. The normalized spacial score (nSPS) is 0. The van der Waals surface area contributed by atoms with Gasteiger partial charge in [-0.25, -0.2) is 0 Å². The van der Waals surface area contributed by atoms with Crippen LogP contribution in [0.25, 0.3) is 0 Å². The summed E-state index contributed by atoms with van der Waals surface area (Å²) in [5.74, 6) is 0. The van der Waals surface area contributed by atoms with Crippen LogP contribution in [0.2, 0.25) is 0 Å². The average molecular weight is 255 g/mol. The molecule has 0 unspecified atom stereocenters. The summed E-state index contributed by atoms with van der Waals surface area (Å²) in [5.41, 5.74) is 0. The van der Waals surface area contributed by atoms with Crippen LogP contribution in [0.3, 0.4) is 0 Å². The fraction of sp³-hybridized carbons (Fsp3) is 0. The maximum absolute atomic E-state index is 0. The van der Waals surface area contributed by atoms with Crippen molar-refractivity contribution in [3.05, 3.63) is 0 Å². The predicted octanol–water partition coefficient (Wildman–Crippen LogP) is -3.44. The van der Waals surface area contributed by atoms with Crippen molar-refractivity contribution in [1.82, 2.24) is 0 Å². The molecule has 0 fully saturated rings. The van der Waals surface area contributed by atoms with Crippen LogP contribution in [0.1, 0.15) is 0 Å². The van der Waals surface area contributed by atoms with Crippen LogP contribution in [0, 0.1) is 0 Å². The van der Waals surface area contributed by atoms with Crippen molar-refractivity contribution in [3.8, 4) is 0 Å². The van der Waals surface area contributed by atoms with E-state index in [2.05, 4.69) is 0 Å². The van der Waals surface area contributed by atoms with E-state index in [0.717, 1.165) is 0 Å². The summed E-state index contributed by atoms with van der Waals surface area (Å²) in [6, 6.07) is 0. The Morgan fingerprint density at radius 2 is 1.00 bits per heavy atom. The standard InChI is InChI=1S/Al.Ga.In.H2S.9H/h;;;1H2;;;;;;;;;. The van der Waals surface area contributed by atoms with E-state index in [1.807, 2.05) is 0 Å². The van der Waals surface area contributed by atoms with Gasteiger partial charge in [-0.1, -0.05) is 0 Å². The van der Waals surface area contributed by atoms with Crippen molar-refractivity contribution in [2.45, 2.75) is 0 Å². The topological polar surface area (TPSA) is 0 Å². The van der Waals surface area contributed by atoms with Crippen LogP contribution in [0.4, 0.5) is 0 Å². The van der Waals surface area contributed by atoms with Crippen LogP contribution in [-0.4, -0.2) is 63.0 Å². The molecular weight excluding hydrogens is 244 g/mol. The Hall–Kier alpha value is 2.39. The van der Waals surface area contributed by atoms with E-state index in [1.165, 1.54) is 0 Å². The molecule has 0 aliphatic rings. The molecule has 26 valence electrons. The molecule has 0 N–H and O–H groups in total. The summed E-state index contributed by atoms with van der Waals surface area (Å²) in [5, 5.41) is 0. The zero-order valence-electron chi connectivity index (χ0n) is 0.500. The summed E-state index contributed by atoms with van der Waals surface area (Å²) >= 11 is 0. The van der Waals surface area contributed by atoms with Crippen LogP contribution in [-0.2, 0) is 0 Å². The number of rotatable bonds is 0. The van der Waals surface area contributed by atoms with Crippen LogP contribution < -0.4 is 0 Å². The first kappa shape index (κ1) is 32.5. The van der Waals surface area contributed by atoms with Gasteiger partial charge in [-0.3, -0.25) is 0 Å². The van der Waals surface area contributed by atoms with Gasteiger partial charge in [-0.2, -0.15) is 13.5 Å². The van der Waals surface area contributed by atoms with E-state index in [0.29, 0.717) is 0 Å². The van der Waals surface area contributed by atoms with Gasteiger partial charge in [0.15, 0.2) is 17.4 Å². The minimum atomic E-state index is 0. The first-order valence-corrected chi connectivity index (χ1v) is 0. The van der Waals surface area contributed by atoms with Crippen molar-refractivity contribution >= 4 is 76.5 Å². The molecule has 0 aromatic carbocycles. The van der Waals surface area contributed by atoms with E-state index in [1.54, 1.807) is 0 Å². The van der Waals surface area contributed by atoms with Crippen molar-refractivity contribution < 1.29 is 0 Å². The van der Waals surface area contributed by atoms with Gasteiger partial charge in [0.2, 0.25) is 0 Å². The van der Waals surface area contributed by atoms with Gasteiger partial charge in [0, 0.05) is 0 Å². The molecule has 0 heterocycles. The van der Waals surface area contributed by atoms with Gasteiger partial charge in [-0.05, 0) is 0 Å². The summed E-state index contributed by atoms with van der Waals surface area (Å²) in [4.78, 5) is 0. The zero-order valence-corrected chi connectivity index (χ0v) is 1.50. The first-order valence-electron chi connectivity index (χ1n) is 0. The molecular formula is H11AlGaInS. The fourth-order valence-corrected chi connectivity index (χ4v) is 0. The molecule has 4 heavy (non-hydrogen) atoms.